The van der Waals surface area contributed by atoms with Crippen molar-refractivity contribution in [3.63, 3.8) is 0 Å². The highest BCUT2D eigenvalue weighted by molar-refractivity contribution is 5.79. The number of cyclic esters (lactones) is 1. The van der Waals surface area contributed by atoms with Gasteiger partial charge in [0.1, 0.15) is 0 Å². The van der Waals surface area contributed by atoms with E-state index in [0.717, 1.165) is 6.42 Å². The van der Waals surface area contributed by atoms with Crippen LogP contribution in [0.4, 0.5) is 0 Å². The quantitative estimate of drug-likeness (QED) is 0.544. The number of hydrogen-bond acceptors (Lipinski definition) is 3. The zero-order valence-corrected chi connectivity index (χ0v) is 6.09. The van der Waals surface area contributed by atoms with Gasteiger partial charge in [0.2, 0.25) is 0 Å². The van der Waals surface area contributed by atoms with Gasteiger partial charge in [-0.15, -0.1) is 0 Å². The Morgan fingerprint density at radius 1 is 1.80 bits per heavy atom. The average molecular weight is 144 g/mol. The first-order valence-corrected chi connectivity index (χ1v) is 3.58. The minimum Gasteiger partial charge on any atom is -0.464 e. The number of rotatable bonds is 1. The van der Waals surface area contributed by atoms with E-state index in [1.807, 2.05) is 0 Å². The lowest BCUT2D eigenvalue weighted by Gasteiger charge is -2.28. The van der Waals surface area contributed by atoms with Gasteiger partial charge in [-0.05, 0) is 19.3 Å². The standard InChI is InChI=1S/C7H12O3/c1-2-7(9)4-3-5-10-6(7)8/h9H,2-5H2,1H3/t7-/m1/s1. The van der Waals surface area contributed by atoms with E-state index in [4.69, 9.17) is 4.74 Å². The Morgan fingerprint density at radius 2 is 2.50 bits per heavy atom. The van der Waals surface area contributed by atoms with Gasteiger partial charge in [0.05, 0.1) is 6.61 Å². The summed E-state index contributed by atoms with van der Waals surface area (Å²) in [7, 11) is 0. The number of aliphatic hydroxyl groups is 1. The Bertz CT molecular complexity index is 144. The third kappa shape index (κ3) is 1.14. The summed E-state index contributed by atoms with van der Waals surface area (Å²) in [5.41, 5.74) is -1.18. The molecule has 0 unspecified atom stereocenters. The fourth-order valence-electron chi connectivity index (χ4n) is 1.09. The van der Waals surface area contributed by atoms with Gasteiger partial charge in [0.25, 0.3) is 0 Å². The Labute approximate surface area is 60.0 Å². The van der Waals surface area contributed by atoms with Crippen LogP contribution in [0.25, 0.3) is 0 Å². The molecule has 0 spiro atoms. The van der Waals surface area contributed by atoms with Crippen molar-refractivity contribution in [3.8, 4) is 0 Å². The van der Waals surface area contributed by atoms with E-state index in [9.17, 15) is 9.90 Å². The van der Waals surface area contributed by atoms with Crippen molar-refractivity contribution in [1.82, 2.24) is 0 Å². The second-order valence-electron chi connectivity index (χ2n) is 2.62. The monoisotopic (exact) mass is 144 g/mol. The summed E-state index contributed by atoms with van der Waals surface area (Å²) in [4.78, 5) is 10.9. The molecule has 1 fully saturated rings. The van der Waals surface area contributed by atoms with Gasteiger partial charge in [-0.3, -0.25) is 0 Å². The lowest BCUT2D eigenvalue weighted by atomic mass is 9.93. The van der Waals surface area contributed by atoms with Crippen LogP contribution >= 0.6 is 0 Å². The molecule has 0 saturated carbocycles. The largest absolute Gasteiger partial charge is 0.464 e. The highest BCUT2D eigenvalue weighted by Crippen LogP contribution is 2.22. The Hall–Kier alpha value is -0.570. The molecule has 0 aliphatic carbocycles. The summed E-state index contributed by atoms with van der Waals surface area (Å²) in [5, 5.41) is 9.47. The molecule has 58 valence electrons. The summed E-state index contributed by atoms with van der Waals surface area (Å²) in [5.74, 6) is -0.457. The van der Waals surface area contributed by atoms with E-state index < -0.39 is 11.6 Å². The van der Waals surface area contributed by atoms with Gasteiger partial charge in [0.15, 0.2) is 5.60 Å². The zero-order chi connectivity index (χ0) is 7.61. The minimum absolute atomic E-state index is 0.450. The summed E-state index contributed by atoms with van der Waals surface area (Å²) >= 11 is 0. The Balaban J connectivity index is 2.63. The molecular weight excluding hydrogens is 132 g/mol. The highest BCUT2D eigenvalue weighted by atomic mass is 16.6. The van der Waals surface area contributed by atoms with Gasteiger partial charge in [-0.25, -0.2) is 4.79 Å². The Kier molecular flexibility index (Phi) is 1.94. The predicted octanol–water partition coefficient (Wildman–Crippen LogP) is 0.464. The van der Waals surface area contributed by atoms with Gasteiger partial charge in [-0.1, -0.05) is 6.92 Å². The van der Waals surface area contributed by atoms with Crippen LogP contribution in [0.5, 0.6) is 0 Å². The maximum atomic E-state index is 10.9. The van der Waals surface area contributed by atoms with Crippen LogP contribution in [-0.2, 0) is 9.53 Å². The number of hydrogen-bond donors (Lipinski definition) is 1. The van der Waals surface area contributed by atoms with E-state index in [0.29, 0.717) is 19.4 Å². The van der Waals surface area contributed by atoms with Crippen molar-refractivity contribution in [2.45, 2.75) is 31.8 Å². The van der Waals surface area contributed by atoms with Crippen molar-refractivity contribution >= 4 is 5.97 Å². The molecule has 0 aromatic rings. The van der Waals surface area contributed by atoms with Crippen LogP contribution in [0.3, 0.4) is 0 Å². The molecule has 0 radical (unpaired) electrons. The van der Waals surface area contributed by atoms with Crippen LogP contribution in [0.15, 0.2) is 0 Å². The van der Waals surface area contributed by atoms with Crippen molar-refractivity contribution in [2.24, 2.45) is 0 Å². The second kappa shape index (κ2) is 2.58. The van der Waals surface area contributed by atoms with E-state index in [1.54, 1.807) is 6.92 Å². The third-order valence-corrected chi connectivity index (χ3v) is 1.93. The molecule has 1 aliphatic heterocycles. The first-order chi connectivity index (χ1) is 4.69. The SMILES string of the molecule is CC[C@@]1(O)CCCOC1=O. The molecular formula is C7H12O3. The van der Waals surface area contributed by atoms with E-state index in [2.05, 4.69) is 0 Å². The van der Waals surface area contributed by atoms with Crippen molar-refractivity contribution in [2.75, 3.05) is 6.61 Å². The molecule has 3 heteroatoms. The lowest BCUT2D eigenvalue weighted by Crippen LogP contribution is -2.43. The first-order valence-electron chi connectivity index (χ1n) is 3.58. The smallest absolute Gasteiger partial charge is 0.338 e. The van der Waals surface area contributed by atoms with Crippen LogP contribution in [0.1, 0.15) is 26.2 Å². The fourth-order valence-corrected chi connectivity index (χ4v) is 1.09. The molecule has 0 aromatic carbocycles. The van der Waals surface area contributed by atoms with Crippen LogP contribution in [0, 0.1) is 0 Å². The minimum atomic E-state index is -1.18. The molecule has 3 nitrogen and oxygen atoms in total. The summed E-state index contributed by atoms with van der Waals surface area (Å²) in [6.45, 7) is 2.24. The molecule has 0 amide bonds. The molecule has 1 N–H and O–H groups in total. The van der Waals surface area contributed by atoms with Crippen LogP contribution in [-0.4, -0.2) is 23.3 Å². The molecule has 0 bridgehead atoms. The fraction of sp³-hybridized carbons (Fsp3) is 0.857. The first kappa shape index (κ1) is 7.54. The van der Waals surface area contributed by atoms with E-state index in [-0.39, 0.29) is 0 Å². The third-order valence-electron chi connectivity index (χ3n) is 1.93. The maximum Gasteiger partial charge on any atom is 0.338 e. The van der Waals surface area contributed by atoms with Gasteiger partial charge in [-0.2, -0.15) is 0 Å². The van der Waals surface area contributed by atoms with Gasteiger partial charge in [0, 0.05) is 0 Å². The number of carbonyl (C=O) groups is 1. The zero-order valence-electron chi connectivity index (χ0n) is 6.09. The highest BCUT2D eigenvalue weighted by Gasteiger charge is 2.37. The van der Waals surface area contributed by atoms with E-state index >= 15 is 0 Å². The van der Waals surface area contributed by atoms with Gasteiger partial charge >= 0.3 is 5.97 Å². The summed E-state index contributed by atoms with van der Waals surface area (Å²) in [6, 6.07) is 0. The predicted molar refractivity (Wildman–Crippen MR) is 35.4 cm³/mol. The molecule has 1 rings (SSSR count). The summed E-state index contributed by atoms with van der Waals surface area (Å²) in [6.07, 6.45) is 1.77. The van der Waals surface area contributed by atoms with Gasteiger partial charge < -0.3 is 9.84 Å². The van der Waals surface area contributed by atoms with E-state index in [1.165, 1.54) is 0 Å². The molecule has 1 aliphatic rings. The maximum absolute atomic E-state index is 10.9. The average Bonchev–Trinajstić information content (AvgIpc) is 1.96. The van der Waals surface area contributed by atoms with Crippen molar-refractivity contribution in [3.05, 3.63) is 0 Å². The number of carbonyl (C=O) groups excluding carboxylic acids is 1. The number of ether oxygens (including phenoxy) is 1. The normalized spacial score (nSPS) is 33.6. The van der Waals surface area contributed by atoms with Crippen LogP contribution < -0.4 is 0 Å². The van der Waals surface area contributed by atoms with Crippen molar-refractivity contribution in [1.29, 1.82) is 0 Å². The molecule has 1 atom stereocenters. The molecule has 10 heavy (non-hydrogen) atoms. The topological polar surface area (TPSA) is 46.5 Å². The van der Waals surface area contributed by atoms with Crippen LogP contribution in [0.2, 0.25) is 0 Å². The van der Waals surface area contributed by atoms with Crippen molar-refractivity contribution < 1.29 is 14.6 Å². The molecule has 0 aromatic heterocycles. The Morgan fingerprint density at radius 3 is 2.90 bits per heavy atom. The number of esters is 1. The molecule has 1 saturated heterocycles. The lowest BCUT2D eigenvalue weighted by molar-refractivity contribution is -0.173. The molecule has 1 heterocycles. The second-order valence-corrected chi connectivity index (χ2v) is 2.62. The summed E-state index contributed by atoms with van der Waals surface area (Å²) < 4.78 is 4.70.